The van der Waals surface area contributed by atoms with Crippen LogP contribution in [-0.4, -0.2) is 52.9 Å². The second kappa shape index (κ2) is 10.3. The molecule has 0 saturated carbocycles. The number of urea groups is 1. The predicted molar refractivity (Wildman–Crippen MR) is 117 cm³/mol. The van der Waals surface area contributed by atoms with Gasteiger partial charge >= 0.3 is 6.03 Å². The van der Waals surface area contributed by atoms with E-state index in [-0.39, 0.29) is 17.9 Å². The summed E-state index contributed by atoms with van der Waals surface area (Å²) in [4.78, 5) is 33.2. The highest BCUT2D eigenvalue weighted by Gasteiger charge is 2.30. The summed E-state index contributed by atoms with van der Waals surface area (Å²) in [7, 11) is 0. The summed E-state index contributed by atoms with van der Waals surface area (Å²) in [5, 5.41) is 3.05. The Hall–Kier alpha value is -3.09. The van der Waals surface area contributed by atoms with E-state index in [2.05, 4.69) is 10.3 Å². The van der Waals surface area contributed by atoms with Crippen molar-refractivity contribution in [3.05, 3.63) is 59.9 Å². The maximum atomic E-state index is 12.6. The molecule has 2 aliphatic heterocycles. The summed E-state index contributed by atoms with van der Waals surface area (Å²) in [5.74, 6) is 0.783. The minimum Gasteiger partial charge on any atom is -0.487 e. The van der Waals surface area contributed by atoms with E-state index in [4.69, 9.17) is 4.74 Å². The number of pyridine rings is 1. The van der Waals surface area contributed by atoms with E-state index in [1.807, 2.05) is 52.3 Å². The first kappa shape index (κ1) is 21.2. The molecule has 7 heteroatoms. The largest absolute Gasteiger partial charge is 0.487 e. The lowest BCUT2D eigenvalue weighted by Gasteiger charge is -2.34. The Morgan fingerprint density at radius 3 is 2.52 bits per heavy atom. The van der Waals surface area contributed by atoms with Crippen LogP contribution < -0.4 is 10.1 Å². The van der Waals surface area contributed by atoms with E-state index in [0.29, 0.717) is 26.2 Å². The van der Waals surface area contributed by atoms with Gasteiger partial charge in [-0.15, -0.1) is 0 Å². The molecule has 3 heterocycles. The van der Waals surface area contributed by atoms with Gasteiger partial charge in [-0.1, -0.05) is 18.2 Å². The number of aromatic nitrogens is 1. The lowest BCUT2D eigenvalue weighted by molar-refractivity contribution is -0.126. The standard InChI is InChI=1S/C24H30N4O3/c29-23(20-9-14-28(15-10-20)24(30)27-12-3-4-13-27)26-17-19-6-5-8-22(16-19)31-18-21-7-1-2-11-25-21/h1-2,5-8,11,16,20H,3-4,9-10,12-15,17-18H2,(H,26,29). The molecule has 164 valence electrons. The fraction of sp³-hybridized carbons (Fsp3) is 0.458. The first-order valence-electron chi connectivity index (χ1n) is 11.1. The number of rotatable bonds is 6. The van der Waals surface area contributed by atoms with Crippen LogP contribution in [0.3, 0.4) is 0 Å². The molecule has 0 aliphatic carbocycles. The molecule has 7 nitrogen and oxygen atoms in total. The van der Waals surface area contributed by atoms with Crippen molar-refractivity contribution in [2.45, 2.75) is 38.8 Å². The smallest absolute Gasteiger partial charge is 0.319 e. The van der Waals surface area contributed by atoms with Crippen LogP contribution in [0.4, 0.5) is 4.79 Å². The zero-order valence-corrected chi connectivity index (χ0v) is 17.8. The number of hydrogen-bond acceptors (Lipinski definition) is 4. The number of piperidine rings is 1. The number of nitrogens with one attached hydrogen (secondary N) is 1. The average molecular weight is 423 g/mol. The zero-order chi connectivity index (χ0) is 21.5. The molecule has 4 rings (SSSR count). The first-order valence-corrected chi connectivity index (χ1v) is 11.1. The molecule has 0 radical (unpaired) electrons. The summed E-state index contributed by atoms with van der Waals surface area (Å²) in [5.41, 5.74) is 1.87. The molecule has 1 aromatic heterocycles. The number of likely N-dealkylation sites (tertiary alicyclic amines) is 2. The Labute approximate surface area is 183 Å². The number of amides is 3. The van der Waals surface area contributed by atoms with Crippen LogP contribution in [0.2, 0.25) is 0 Å². The fourth-order valence-corrected chi connectivity index (χ4v) is 4.16. The van der Waals surface area contributed by atoms with Crippen LogP contribution in [0, 0.1) is 5.92 Å². The van der Waals surface area contributed by atoms with Crippen molar-refractivity contribution in [2.75, 3.05) is 26.2 Å². The Balaban J connectivity index is 1.21. The highest BCUT2D eigenvalue weighted by Crippen LogP contribution is 2.21. The molecule has 2 aromatic rings. The third-order valence-corrected chi connectivity index (χ3v) is 5.99. The summed E-state index contributed by atoms with van der Waals surface area (Å²) in [6.45, 7) is 3.92. The molecule has 0 bridgehead atoms. The first-order chi connectivity index (χ1) is 15.2. The van der Waals surface area contributed by atoms with Crippen LogP contribution in [-0.2, 0) is 17.9 Å². The van der Waals surface area contributed by atoms with Crippen molar-refractivity contribution in [1.82, 2.24) is 20.1 Å². The third kappa shape index (κ3) is 5.75. The summed E-state index contributed by atoms with van der Waals surface area (Å²) in [6.07, 6.45) is 5.38. The lowest BCUT2D eigenvalue weighted by Crippen LogP contribution is -2.47. The van der Waals surface area contributed by atoms with Gasteiger partial charge in [0.2, 0.25) is 5.91 Å². The Morgan fingerprint density at radius 1 is 1.00 bits per heavy atom. The maximum Gasteiger partial charge on any atom is 0.319 e. The number of nitrogens with zero attached hydrogens (tertiary/aromatic N) is 3. The van der Waals surface area contributed by atoms with E-state index in [1.54, 1.807) is 6.20 Å². The van der Waals surface area contributed by atoms with Crippen LogP contribution in [0.15, 0.2) is 48.7 Å². The highest BCUT2D eigenvalue weighted by atomic mass is 16.5. The lowest BCUT2D eigenvalue weighted by atomic mass is 9.96. The molecule has 3 amide bonds. The molecule has 31 heavy (non-hydrogen) atoms. The summed E-state index contributed by atoms with van der Waals surface area (Å²) < 4.78 is 5.82. The predicted octanol–water partition coefficient (Wildman–Crippen LogP) is 3.20. The molecule has 0 atom stereocenters. The second-order valence-corrected chi connectivity index (χ2v) is 8.21. The molecule has 0 spiro atoms. The second-order valence-electron chi connectivity index (χ2n) is 8.21. The molecule has 0 unspecified atom stereocenters. The average Bonchev–Trinajstić information content (AvgIpc) is 3.37. The Bertz CT molecular complexity index is 875. The van der Waals surface area contributed by atoms with E-state index in [9.17, 15) is 9.59 Å². The monoisotopic (exact) mass is 422 g/mol. The van der Waals surface area contributed by atoms with Crippen molar-refractivity contribution < 1.29 is 14.3 Å². The number of hydrogen-bond donors (Lipinski definition) is 1. The number of benzene rings is 1. The third-order valence-electron chi connectivity index (χ3n) is 5.99. The van der Waals surface area contributed by atoms with E-state index >= 15 is 0 Å². The van der Waals surface area contributed by atoms with Gasteiger partial charge in [0, 0.05) is 44.8 Å². The van der Waals surface area contributed by atoms with Crippen molar-refractivity contribution >= 4 is 11.9 Å². The summed E-state index contributed by atoms with van der Waals surface area (Å²) in [6, 6.07) is 13.6. The molecule has 1 N–H and O–H groups in total. The van der Waals surface area contributed by atoms with E-state index in [0.717, 1.165) is 55.8 Å². The van der Waals surface area contributed by atoms with Gasteiger partial charge in [0.05, 0.1) is 5.69 Å². The Morgan fingerprint density at radius 2 is 1.77 bits per heavy atom. The van der Waals surface area contributed by atoms with Gasteiger partial charge in [-0.25, -0.2) is 4.79 Å². The van der Waals surface area contributed by atoms with Gasteiger partial charge in [0.1, 0.15) is 12.4 Å². The molecular formula is C24H30N4O3. The fourth-order valence-electron chi connectivity index (χ4n) is 4.16. The topological polar surface area (TPSA) is 74.8 Å². The number of carbonyl (C=O) groups excluding carboxylic acids is 2. The molecular weight excluding hydrogens is 392 g/mol. The normalized spacial score (nSPS) is 16.9. The van der Waals surface area contributed by atoms with E-state index < -0.39 is 0 Å². The zero-order valence-electron chi connectivity index (χ0n) is 17.8. The van der Waals surface area contributed by atoms with Crippen LogP contribution in [0.5, 0.6) is 5.75 Å². The molecule has 2 aliphatic rings. The van der Waals surface area contributed by atoms with Crippen molar-refractivity contribution in [2.24, 2.45) is 5.92 Å². The Kier molecular flexibility index (Phi) is 7.02. The molecule has 2 fully saturated rings. The van der Waals surface area contributed by atoms with Crippen LogP contribution >= 0.6 is 0 Å². The quantitative estimate of drug-likeness (QED) is 0.776. The van der Waals surface area contributed by atoms with E-state index in [1.165, 1.54) is 0 Å². The highest BCUT2D eigenvalue weighted by molar-refractivity contribution is 5.79. The van der Waals surface area contributed by atoms with Gasteiger partial charge < -0.3 is 19.9 Å². The van der Waals surface area contributed by atoms with Gasteiger partial charge in [0.15, 0.2) is 0 Å². The number of carbonyl (C=O) groups is 2. The van der Waals surface area contributed by atoms with Gasteiger partial charge in [-0.3, -0.25) is 9.78 Å². The maximum absolute atomic E-state index is 12.6. The number of ether oxygens (including phenoxy) is 1. The van der Waals surface area contributed by atoms with Crippen LogP contribution in [0.1, 0.15) is 36.9 Å². The SMILES string of the molecule is O=C(NCc1cccc(OCc2ccccn2)c1)C1CCN(C(=O)N2CCCC2)CC1. The van der Waals surface area contributed by atoms with Gasteiger partial charge in [-0.2, -0.15) is 0 Å². The minimum absolute atomic E-state index is 0.0359. The van der Waals surface area contributed by atoms with Gasteiger partial charge in [0.25, 0.3) is 0 Å². The van der Waals surface area contributed by atoms with Crippen molar-refractivity contribution in [1.29, 1.82) is 0 Å². The van der Waals surface area contributed by atoms with Crippen LogP contribution in [0.25, 0.3) is 0 Å². The van der Waals surface area contributed by atoms with Gasteiger partial charge in [-0.05, 0) is 55.5 Å². The molecule has 2 saturated heterocycles. The molecule has 1 aromatic carbocycles. The van der Waals surface area contributed by atoms with Crippen molar-refractivity contribution in [3.63, 3.8) is 0 Å². The van der Waals surface area contributed by atoms with Crippen molar-refractivity contribution in [3.8, 4) is 5.75 Å². The minimum atomic E-state index is -0.0359. The summed E-state index contributed by atoms with van der Waals surface area (Å²) >= 11 is 0.